The highest BCUT2D eigenvalue weighted by Gasteiger charge is 2.15. The smallest absolute Gasteiger partial charge is 0.429 e. The molecule has 0 aliphatic rings. The molecule has 1 heterocycles. The Hall–Kier alpha value is -1.03. The van der Waals surface area contributed by atoms with Gasteiger partial charge in [0.05, 0.1) is 20.2 Å². The van der Waals surface area contributed by atoms with Crippen LogP contribution in [-0.4, -0.2) is 24.9 Å². The molecule has 0 aliphatic heterocycles. The van der Waals surface area contributed by atoms with E-state index in [1.54, 1.807) is 7.11 Å². The molecule has 0 fully saturated rings. The average molecular weight is 213 g/mol. The number of rotatable bonds is 7. The van der Waals surface area contributed by atoms with Gasteiger partial charge in [-0.25, -0.2) is 4.57 Å². The normalized spacial score (nSPS) is 10.6. The Balaban J connectivity index is 2.54. The van der Waals surface area contributed by atoms with Gasteiger partial charge >= 0.3 is 6.01 Å². The fourth-order valence-electron chi connectivity index (χ4n) is 1.41. The van der Waals surface area contributed by atoms with Gasteiger partial charge in [0, 0.05) is 7.11 Å². The molecule has 0 amide bonds. The zero-order valence-corrected chi connectivity index (χ0v) is 9.90. The van der Waals surface area contributed by atoms with Gasteiger partial charge < -0.3 is 9.47 Å². The van der Waals surface area contributed by atoms with Crippen LogP contribution in [0.5, 0.6) is 6.01 Å². The minimum Gasteiger partial charge on any atom is -0.429 e. The zero-order valence-electron chi connectivity index (χ0n) is 9.90. The molecule has 1 aromatic rings. The van der Waals surface area contributed by atoms with E-state index in [2.05, 4.69) is 17.7 Å². The number of methoxy groups -OCH3 is 1. The molecule has 0 N–H and O–H groups in total. The first kappa shape index (κ1) is 12.0. The van der Waals surface area contributed by atoms with E-state index in [1.165, 1.54) is 12.8 Å². The third kappa shape index (κ3) is 3.55. The Labute approximate surface area is 91.4 Å². The van der Waals surface area contributed by atoms with Gasteiger partial charge in [-0.15, -0.1) is 0 Å². The molecule has 86 valence electrons. The minimum atomic E-state index is 0.598. The van der Waals surface area contributed by atoms with Crippen molar-refractivity contribution in [2.75, 3.05) is 20.3 Å². The van der Waals surface area contributed by atoms with Crippen LogP contribution in [0.25, 0.3) is 0 Å². The second-order valence-electron chi connectivity index (χ2n) is 3.58. The first-order valence-electron chi connectivity index (χ1n) is 5.46. The van der Waals surface area contributed by atoms with Crippen LogP contribution in [0.1, 0.15) is 19.8 Å². The lowest BCUT2D eigenvalue weighted by atomic mass is 10.3. The Morgan fingerprint density at radius 1 is 1.40 bits per heavy atom. The van der Waals surface area contributed by atoms with E-state index in [4.69, 9.17) is 9.47 Å². The van der Waals surface area contributed by atoms with Crippen LogP contribution < -0.4 is 9.30 Å². The summed E-state index contributed by atoms with van der Waals surface area (Å²) in [5, 5.41) is 0. The number of imidazole rings is 1. The van der Waals surface area contributed by atoms with E-state index in [0.717, 1.165) is 12.6 Å². The van der Waals surface area contributed by atoms with Crippen molar-refractivity contribution in [1.29, 1.82) is 0 Å². The molecular weight excluding hydrogens is 192 g/mol. The first-order valence-corrected chi connectivity index (χ1v) is 5.46. The highest BCUT2D eigenvalue weighted by atomic mass is 16.5. The van der Waals surface area contributed by atoms with Crippen molar-refractivity contribution in [3.8, 4) is 6.01 Å². The average Bonchev–Trinajstić information content (AvgIpc) is 2.58. The summed E-state index contributed by atoms with van der Waals surface area (Å²) in [6, 6.07) is 0.903. The van der Waals surface area contributed by atoms with Crippen molar-refractivity contribution in [2.45, 2.75) is 26.3 Å². The molecule has 0 saturated heterocycles. The number of ether oxygens (including phenoxy) is 2. The topological polar surface area (TPSA) is 27.3 Å². The van der Waals surface area contributed by atoms with Gasteiger partial charge in [-0.3, -0.25) is 0 Å². The van der Waals surface area contributed by atoms with E-state index in [-0.39, 0.29) is 0 Å². The number of aromatic nitrogens is 2. The van der Waals surface area contributed by atoms with E-state index in [0.29, 0.717) is 13.2 Å². The summed E-state index contributed by atoms with van der Waals surface area (Å²) >= 11 is 0. The molecule has 0 aliphatic carbocycles. The number of aryl methyl sites for hydroxylation is 2. The number of nitrogens with zero attached hydrogens (tertiary/aromatic N) is 2. The lowest BCUT2D eigenvalue weighted by molar-refractivity contribution is -0.676. The molecule has 0 bridgehead atoms. The maximum Gasteiger partial charge on any atom is 0.455 e. The fourth-order valence-corrected chi connectivity index (χ4v) is 1.41. The van der Waals surface area contributed by atoms with Crippen molar-refractivity contribution >= 4 is 0 Å². The fraction of sp³-hybridized carbons (Fsp3) is 0.727. The molecule has 4 nitrogen and oxygen atoms in total. The summed E-state index contributed by atoms with van der Waals surface area (Å²) in [7, 11) is 3.67. The summed E-state index contributed by atoms with van der Waals surface area (Å²) in [5.74, 6) is 0. The third-order valence-corrected chi connectivity index (χ3v) is 2.29. The van der Waals surface area contributed by atoms with E-state index in [9.17, 15) is 0 Å². The van der Waals surface area contributed by atoms with Gasteiger partial charge in [0.15, 0.2) is 0 Å². The molecule has 1 rings (SSSR count). The molecular formula is C11H21N2O2+. The SMILES string of the molecule is CCCCn1cc[n+](C)c1OCCOC. The molecule has 0 saturated carbocycles. The van der Waals surface area contributed by atoms with Crippen molar-refractivity contribution < 1.29 is 14.0 Å². The maximum absolute atomic E-state index is 5.65. The summed E-state index contributed by atoms with van der Waals surface area (Å²) in [6.45, 7) is 4.42. The molecule has 0 unspecified atom stereocenters. The minimum absolute atomic E-state index is 0.598. The van der Waals surface area contributed by atoms with Gasteiger partial charge in [-0.1, -0.05) is 13.3 Å². The third-order valence-electron chi connectivity index (χ3n) is 2.29. The molecule has 0 atom stereocenters. The van der Waals surface area contributed by atoms with Gasteiger partial charge in [0.2, 0.25) is 0 Å². The van der Waals surface area contributed by atoms with Crippen LogP contribution in [0.3, 0.4) is 0 Å². The number of hydrogen-bond acceptors (Lipinski definition) is 2. The summed E-state index contributed by atoms with van der Waals surface area (Å²) in [6.07, 6.45) is 6.43. The Bertz CT molecular complexity index is 284. The first-order chi connectivity index (χ1) is 7.29. The summed E-state index contributed by atoms with van der Waals surface area (Å²) in [4.78, 5) is 0. The van der Waals surface area contributed by atoms with Crippen LogP contribution in [-0.2, 0) is 18.3 Å². The molecule has 1 aromatic heterocycles. The highest BCUT2D eigenvalue weighted by Crippen LogP contribution is 2.06. The van der Waals surface area contributed by atoms with Crippen LogP contribution in [0, 0.1) is 0 Å². The predicted octanol–water partition coefficient (Wildman–Crippen LogP) is 1.14. The standard InChI is InChI=1S/C11H21N2O2/c1-4-5-6-13-8-7-12(2)11(13)15-10-9-14-3/h7-8H,4-6,9-10H2,1-3H3/q+1. The molecule has 0 spiro atoms. The van der Waals surface area contributed by atoms with Gasteiger partial charge in [-0.05, 0) is 6.42 Å². The molecule has 0 aromatic carbocycles. The highest BCUT2D eigenvalue weighted by molar-refractivity contribution is 4.88. The quantitative estimate of drug-likeness (QED) is 0.501. The Morgan fingerprint density at radius 3 is 2.87 bits per heavy atom. The van der Waals surface area contributed by atoms with E-state index < -0.39 is 0 Å². The predicted molar refractivity (Wildman–Crippen MR) is 57.9 cm³/mol. The van der Waals surface area contributed by atoms with Crippen LogP contribution in [0.2, 0.25) is 0 Å². The van der Waals surface area contributed by atoms with Crippen molar-refractivity contribution in [3.05, 3.63) is 12.4 Å². The number of hydrogen-bond donors (Lipinski definition) is 0. The second-order valence-corrected chi connectivity index (χ2v) is 3.58. The van der Waals surface area contributed by atoms with Crippen molar-refractivity contribution in [3.63, 3.8) is 0 Å². The lowest BCUT2D eigenvalue weighted by Gasteiger charge is -2.03. The molecule has 15 heavy (non-hydrogen) atoms. The maximum atomic E-state index is 5.65. The second kappa shape index (κ2) is 6.45. The largest absolute Gasteiger partial charge is 0.455 e. The Kier molecular flexibility index (Phi) is 5.18. The van der Waals surface area contributed by atoms with Gasteiger partial charge in [0.1, 0.15) is 19.0 Å². The van der Waals surface area contributed by atoms with Crippen LogP contribution in [0.4, 0.5) is 0 Å². The van der Waals surface area contributed by atoms with Crippen LogP contribution >= 0.6 is 0 Å². The number of unbranched alkanes of at least 4 members (excludes halogenated alkanes) is 1. The van der Waals surface area contributed by atoms with Crippen LogP contribution in [0.15, 0.2) is 12.4 Å². The molecule has 0 radical (unpaired) electrons. The zero-order chi connectivity index (χ0) is 11.1. The van der Waals surface area contributed by atoms with E-state index >= 15 is 0 Å². The van der Waals surface area contributed by atoms with Crippen molar-refractivity contribution in [1.82, 2.24) is 4.57 Å². The van der Waals surface area contributed by atoms with Gasteiger partial charge in [-0.2, -0.15) is 4.57 Å². The summed E-state index contributed by atoms with van der Waals surface area (Å²) in [5.41, 5.74) is 0. The molecule has 4 heteroatoms. The summed E-state index contributed by atoms with van der Waals surface area (Å²) < 4.78 is 14.7. The monoisotopic (exact) mass is 213 g/mol. The van der Waals surface area contributed by atoms with Crippen molar-refractivity contribution in [2.24, 2.45) is 7.05 Å². The Morgan fingerprint density at radius 2 is 2.20 bits per heavy atom. The van der Waals surface area contributed by atoms with Gasteiger partial charge in [0.25, 0.3) is 0 Å². The van der Waals surface area contributed by atoms with E-state index in [1.807, 2.05) is 17.8 Å². The lowest BCUT2D eigenvalue weighted by Crippen LogP contribution is -2.30.